The van der Waals surface area contributed by atoms with Gasteiger partial charge in [0.25, 0.3) is 0 Å². The molecule has 0 aromatic carbocycles. The molecule has 0 radical (unpaired) electrons. The second-order valence-electron chi connectivity index (χ2n) is 3.20. The summed E-state index contributed by atoms with van der Waals surface area (Å²) in [6.45, 7) is 1.70. The number of esters is 1. The van der Waals surface area contributed by atoms with E-state index in [9.17, 15) is 14.7 Å². The molecule has 5 heteroatoms. The molecule has 2 atom stereocenters. The van der Waals surface area contributed by atoms with Gasteiger partial charge in [0.15, 0.2) is 5.78 Å². The molecule has 0 heterocycles. The minimum absolute atomic E-state index is 0. The molecule has 1 rings (SSSR count). The maximum Gasteiger partial charge on any atom is 1.00 e. The van der Waals surface area contributed by atoms with Gasteiger partial charge >= 0.3 is 35.5 Å². The molecule has 1 aliphatic carbocycles. The van der Waals surface area contributed by atoms with E-state index >= 15 is 0 Å². The predicted molar refractivity (Wildman–Crippen MR) is 42.4 cm³/mol. The van der Waals surface area contributed by atoms with E-state index in [1.54, 1.807) is 6.92 Å². The molecule has 4 nitrogen and oxygen atoms in total. The third kappa shape index (κ3) is 2.83. The first-order valence-corrected chi connectivity index (χ1v) is 4.05. The Labute approximate surface area is 105 Å². The van der Waals surface area contributed by atoms with Crippen molar-refractivity contribution < 1.29 is 49.0 Å². The third-order valence-electron chi connectivity index (χ3n) is 2.16. The SMILES string of the molecule is COC(=O)C1C([O-])=CC(=O)CC1C.[Na+]. The molecule has 0 saturated heterocycles. The van der Waals surface area contributed by atoms with E-state index in [2.05, 4.69) is 4.74 Å². The molecule has 0 spiro atoms. The topological polar surface area (TPSA) is 66.4 Å². The summed E-state index contributed by atoms with van der Waals surface area (Å²) in [5.41, 5.74) is 0. The van der Waals surface area contributed by atoms with Gasteiger partial charge in [-0.15, -0.1) is 5.76 Å². The van der Waals surface area contributed by atoms with Crippen LogP contribution in [0.5, 0.6) is 0 Å². The maximum absolute atomic E-state index is 11.2. The number of hydrogen-bond acceptors (Lipinski definition) is 4. The number of rotatable bonds is 1. The van der Waals surface area contributed by atoms with Crippen LogP contribution < -0.4 is 34.7 Å². The van der Waals surface area contributed by atoms with Crippen LogP contribution in [-0.2, 0) is 14.3 Å². The summed E-state index contributed by atoms with van der Waals surface area (Å²) in [6, 6.07) is 0. The van der Waals surface area contributed by atoms with Crippen molar-refractivity contribution in [2.75, 3.05) is 7.11 Å². The first-order valence-electron chi connectivity index (χ1n) is 4.05. The van der Waals surface area contributed by atoms with Crippen molar-refractivity contribution in [1.82, 2.24) is 0 Å². The van der Waals surface area contributed by atoms with Gasteiger partial charge in [0.2, 0.25) is 0 Å². The van der Waals surface area contributed by atoms with Crippen molar-refractivity contribution in [1.29, 1.82) is 0 Å². The summed E-state index contributed by atoms with van der Waals surface area (Å²) in [5.74, 6) is -2.24. The summed E-state index contributed by atoms with van der Waals surface area (Å²) in [7, 11) is 1.23. The minimum atomic E-state index is -0.789. The molecule has 72 valence electrons. The van der Waals surface area contributed by atoms with E-state index < -0.39 is 17.6 Å². The maximum atomic E-state index is 11.2. The molecule has 1 aliphatic rings. The van der Waals surface area contributed by atoms with Crippen LogP contribution in [-0.4, -0.2) is 18.9 Å². The zero-order chi connectivity index (χ0) is 10.0. The number of carbonyl (C=O) groups is 2. The van der Waals surface area contributed by atoms with Crippen LogP contribution in [0.25, 0.3) is 0 Å². The first-order chi connectivity index (χ1) is 6.06. The van der Waals surface area contributed by atoms with Gasteiger partial charge in [-0.1, -0.05) is 6.92 Å². The minimum Gasteiger partial charge on any atom is -0.875 e. The normalized spacial score (nSPS) is 26.1. The Balaban J connectivity index is 0.00000169. The quantitative estimate of drug-likeness (QED) is 0.332. The average molecular weight is 206 g/mol. The molecule has 0 saturated carbocycles. The van der Waals surface area contributed by atoms with E-state index in [1.165, 1.54) is 7.11 Å². The average Bonchev–Trinajstić information content (AvgIpc) is 2.02. The molecule has 0 N–H and O–H groups in total. The second kappa shape index (κ2) is 5.53. The molecule has 0 aliphatic heterocycles. The Bertz CT molecular complexity index is 272. The third-order valence-corrected chi connectivity index (χ3v) is 2.16. The van der Waals surface area contributed by atoms with Gasteiger partial charge in [0, 0.05) is 6.42 Å². The first kappa shape index (κ1) is 13.7. The molecular formula is C9H11NaO4. The van der Waals surface area contributed by atoms with Crippen molar-refractivity contribution in [2.45, 2.75) is 13.3 Å². The molecule has 0 aromatic heterocycles. The van der Waals surface area contributed by atoms with E-state index in [1.807, 2.05) is 0 Å². The van der Waals surface area contributed by atoms with Crippen LogP contribution in [0.15, 0.2) is 11.8 Å². The Morgan fingerprint density at radius 2 is 2.21 bits per heavy atom. The largest absolute Gasteiger partial charge is 1.00 e. The van der Waals surface area contributed by atoms with Crippen molar-refractivity contribution in [2.24, 2.45) is 11.8 Å². The summed E-state index contributed by atoms with van der Waals surface area (Å²) in [5, 5.41) is 11.2. The van der Waals surface area contributed by atoms with Crippen molar-refractivity contribution in [3.63, 3.8) is 0 Å². The van der Waals surface area contributed by atoms with Crippen molar-refractivity contribution >= 4 is 11.8 Å². The van der Waals surface area contributed by atoms with E-state index in [0.717, 1.165) is 6.08 Å². The Kier molecular flexibility index (Phi) is 5.41. The molecule has 0 amide bonds. The van der Waals surface area contributed by atoms with E-state index in [-0.39, 0.29) is 47.7 Å². The monoisotopic (exact) mass is 206 g/mol. The molecule has 14 heavy (non-hydrogen) atoms. The fourth-order valence-electron chi connectivity index (χ4n) is 1.50. The van der Waals surface area contributed by atoms with E-state index in [4.69, 9.17) is 0 Å². The van der Waals surface area contributed by atoms with Gasteiger partial charge in [-0.05, 0) is 12.0 Å². The number of ether oxygens (including phenoxy) is 1. The number of ketones is 1. The van der Waals surface area contributed by atoms with Gasteiger partial charge in [-0.25, -0.2) is 0 Å². The fourth-order valence-corrected chi connectivity index (χ4v) is 1.50. The van der Waals surface area contributed by atoms with Crippen LogP contribution in [0.3, 0.4) is 0 Å². The number of methoxy groups -OCH3 is 1. The van der Waals surface area contributed by atoms with Crippen LogP contribution in [0.4, 0.5) is 0 Å². The fraction of sp³-hybridized carbons (Fsp3) is 0.556. The Morgan fingerprint density at radius 1 is 1.64 bits per heavy atom. The van der Waals surface area contributed by atoms with Gasteiger partial charge < -0.3 is 9.84 Å². The summed E-state index contributed by atoms with van der Waals surface area (Å²) >= 11 is 0. The van der Waals surface area contributed by atoms with Crippen LogP contribution in [0, 0.1) is 11.8 Å². The smallest absolute Gasteiger partial charge is 0.875 e. The summed E-state index contributed by atoms with van der Waals surface area (Å²) in [4.78, 5) is 22.0. The number of allylic oxidation sites excluding steroid dienone is 1. The van der Waals surface area contributed by atoms with Crippen molar-refractivity contribution in [3.8, 4) is 0 Å². The number of carbonyl (C=O) groups excluding carboxylic acids is 2. The summed E-state index contributed by atoms with van der Waals surface area (Å²) in [6.07, 6.45) is 1.23. The van der Waals surface area contributed by atoms with Gasteiger partial charge in [0.05, 0.1) is 13.0 Å². The predicted octanol–water partition coefficient (Wildman–Crippen LogP) is -3.37. The molecule has 2 unspecified atom stereocenters. The molecule has 0 bridgehead atoms. The van der Waals surface area contributed by atoms with Gasteiger partial charge in [-0.3, -0.25) is 9.59 Å². The van der Waals surface area contributed by atoms with Gasteiger partial charge in [0.1, 0.15) is 0 Å². The Morgan fingerprint density at radius 3 is 2.64 bits per heavy atom. The second-order valence-corrected chi connectivity index (χ2v) is 3.20. The van der Waals surface area contributed by atoms with Gasteiger partial charge in [-0.2, -0.15) is 0 Å². The summed E-state index contributed by atoms with van der Waals surface area (Å²) < 4.78 is 4.47. The van der Waals surface area contributed by atoms with Crippen LogP contribution >= 0.6 is 0 Å². The van der Waals surface area contributed by atoms with Crippen LogP contribution in [0.1, 0.15) is 13.3 Å². The van der Waals surface area contributed by atoms with Crippen molar-refractivity contribution in [3.05, 3.63) is 11.8 Å². The number of hydrogen-bond donors (Lipinski definition) is 0. The standard InChI is InChI=1S/C9H12O4.Na/c1-5-3-6(10)4-7(11)8(5)9(12)13-2;/h4-5,8,11H,3H2,1-2H3;/q;+1/p-1. The van der Waals surface area contributed by atoms with E-state index in [0.29, 0.717) is 0 Å². The molecular weight excluding hydrogens is 195 g/mol. The zero-order valence-corrected chi connectivity index (χ0v) is 10.6. The molecule has 0 fully saturated rings. The molecule has 0 aromatic rings. The van der Waals surface area contributed by atoms with Crippen LogP contribution in [0.2, 0.25) is 0 Å². The Hall–Kier alpha value is -0.320. The zero-order valence-electron chi connectivity index (χ0n) is 8.57.